The van der Waals surface area contributed by atoms with Crippen LogP contribution in [0.15, 0.2) is 42.7 Å². The van der Waals surface area contributed by atoms with Crippen molar-refractivity contribution < 1.29 is 11.3 Å². The molecule has 3 N–H and O–H groups in total. The average molecular weight is 372 g/mol. The van der Waals surface area contributed by atoms with E-state index in [9.17, 15) is 9.90 Å². The highest BCUT2D eigenvalue weighted by atomic mass is 16.3. The second kappa shape index (κ2) is 5.75. The van der Waals surface area contributed by atoms with Crippen molar-refractivity contribution in [1.82, 2.24) is 19.9 Å². The molecular weight excluding hydrogens is 354 g/mol. The zero-order chi connectivity index (χ0) is 20.3. The first kappa shape index (κ1) is 15.5. The Morgan fingerprint density at radius 3 is 3.00 bits per heavy atom. The van der Waals surface area contributed by atoms with Crippen molar-refractivity contribution in [3.05, 3.63) is 48.3 Å². The van der Waals surface area contributed by atoms with Crippen LogP contribution in [0.1, 0.15) is 13.4 Å². The number of likely N-dealkylation sites (tertiary alicyclic amines) is 1. The van der Waals surface area contributed by atoms with Crippen LogP contribution in [0, 0.1) is 17.8 Å². The van der Waals surface area contributed by atoms with Crippen LogP contribution in [0.5, 0.6) is 0 Å². The summed E-state index contributed by atoms with van der Waals surface area (Å²) >= 11 is 0. The van der Waals surface area contributed by atoms with Gasteiger partial charge in [-0.3, -0.25) is 4.79 Å². The van der Waals surface area contributed by atoms with Crippen molar-refractivity contribution in [1.29, 1.82) is 0 Å². The van der Waals surface area contributed by atoms with E-state index in [0.717, 1.165) is 12.0 Å². The number of nitrogen functional groups attached to an aromatic ring is 1. The molecule has 1 saturated carbocycles. The average Bonchev–Trinajstić information content (AvgIpc) is 3.49. The van der Waals surface area contributed by atoms with E-state index in [0.29, 0.717) is 22.3 Å². The summed E-state index contributed by atoms with van der Waals surface area (Å²) in [5.74, 6) is 5.47. The van der Waals surface area contributed by atoms with E-state index in [4.69, 9.17) is 7.10 Å². The molecule has 1 aliphatic heterocycles. The highest BCUT2D eigenvalue weighted by Gasteiger charge is 2.66. The van der Waals surface area contributed by atoms with Crippen LogP contribution in [0.2, 0.25) is 0 Å². The molecule has 2 fully saturated rings. The number of hydrogen-bond acceptors (Lipinski definition) is 6. The third-order valence-corrected chi connectivity index (χ3v) is 5.45. The molecule has 138 valence electrons. The summed E-state index contributed by atoms with van der Waals surface area (Å²) < 4.78 is 7.55. The highest BCUT2D eigenvalue weighted by Crippen LogP contribution is 2.50. The van der Waals surface area contributed by atoms with E-state index in [2.05, 4.69) is 26.8 Å². The maximum absolute atomic E-state index is 12.3. The quantitative estimate of drug-likeness (QED) is 0.622. The molecule has 0 bridgehead atoms. The number of likely N-dealkylation sites (N-methyl/N-ethyl adjacent to an activating group) is 1. The van der Waals surface area contributed by atoms with Crippen LogP contribution < -0.4 is 5.73 Å². The van der Waals surface area contributed by atoms with Crippen LogP contribution >= 0.6 is 0 Å². The van der Waals surface area contributed by atoms with Gasteiger partial charge < -0.3 is 15.7 Å². The van der Waals surface area contributed by atoms with Crippen LogP contribution in [-0.2, 0) is 4.79 Å². The molecule has 1 aliphatic carbocycles. The van der Waals surface area contributed by atoms with Gasteiger partial charge in [0.05, 0.1) is 11.2 Å². The molecule has 0 spiro atoms. The Morgan fingerprint density at radius 2 is 2.21 bits per heavy atom. The molecule has 7 nitrogen and oxygen atoms in total. The molecule has 1 aromatic carbocycles. The lowest BCUT2D eigenvalue weighted by Gasteiger charge is -2.18. The SMILES string of the molecule is [2H]c1nc(N)c2nc(-c3cccc(C#C[C@]4(O)C(=O)N(C)C5C[C@H]54)c3)ccc2n1. The number of piperidine rings is 1. The molecule has 1 amide bonds. The van der Waals surface area contributed by atoms with E-state index in [1.165, 1.54) is 0 Å². The Bertz CT molecular complexity index is 1250. The maximum Gasteiger partial charge on any atom is 0.267 e. The van der Waals surface area contributed by atoms with Crippen LogP contribution in [0.25, 0.3) is 22.3 Å². The molecule has 0 radical (unpaired) electrons. The normalized spacial score (nSPS) is 25.9. The standard InChI is InChI=1S/C21H17N5O2/c1-26-17-10-14(17)21(28,20(26)27)8-7-12-3-2-4-13(9-12)15-5-6-16-18(25-15)19(22)24-11-23-16/h2-6,9,11,14,17,28H,10H2,1H3,(H2,22,23,24)/t14-,17?,21-/m1/s1/i11D. The number of nitrogens with zero attached hydrogens (tertiary/aromatic N) is 4. The molecule has 28 heavy (non-hydrogen) atoms. The number of rotatable bonds is 1. The van der Waals surface area contributed by atoms with E-state index in [1.807, 2.05) is 24.3 Å². The van der Waals surface area contributed by atoms with Crippen LogP contribution in [-0.4, -0.2) is 49.6 Å². The van der Waals surface area contributed by atoms with Crippen molar-refractivity contribution in [3.8, 4) is 23.1 Å². The third kappa shape index (κ3) is 2.42. The summed E-state index contributed by atoms with van der Waals surface area (Å²) in [4.78, 5) is 26.3. The largest absolute Gasteiger partial charge is 0.382 e. The third-order valence-electron chi connectivity index (χ3n) is 5.45. The number of carbonyl (C=O) groups is 1. The summed E-state index contributed by atoms with van der Waals surface area (Å²) in [5, 5.41) is 10.7. The molecule has 3 heterocycles. The molecule has 1 unspecified atom stereocenters. The van der Waals surface area contributed by atoms with Gasteiger partial charge in [-0.15, -0.1) is 0 Å². The first-order valence-electron chi connectivity index (χ1n) is 9.41. The summed E-state index contributed by atoms with van der Waals surface area (Å²) in [5.41, 5.74) is 7.36. The molecule has 2 aromatic heterocycles. The van der Waals surface area contributed by atoms with Gasteiger partial charge in [0, 0.05) is 30.1 Å². The zero-order valence-corrected chi connectivity index (χ0v) is 15.0. The first-order chi connectivity index (χ1) is 13.9. The van der Waals surface area contributed by atoms with Gasteiger partial charge in [0.15, 0.2) is 5.82 Å². The summed E-state index contributed by atoms with van der Waals surface area (Å²) in [6.45, 7) is 0. The van der Waals surface area contributed by atoms with Gasteiger partial charge in [0.25, 0.3) is 5.91 Å². The first-order valence-corrected chi connectivity index (χ1v) is 8.91. The lowest BCUT2D eigenvalue weighted by atomic mass is 9.98. The van der Waals surface area contributed by atoms with E-state index in [1.54, 1.807) is 24.1 Å². The second-order valence-electron chi connectivity index (χ2n) is 7.20. The van der Waals surface area contributed by atoms with Gasteiger partial charge in [-0.05, 0) is 30.7 Å². The number of carbonyl (C=O) groups excluding carboxylic acids is 1. The van der Waals surface area contributed by atoms with Gasteiger partial charge in [0.1, 0.15) is 13.2 Å². The molecule has 7 heteroatoms. The van der Waals surface area contributed by atoms with Gasteiger partial charge in [-0.1, -0.05) is 24.0 Å². The summed E-state index contributed by atoms with van der Waals surface area (Å²) in [7, 11) is 1.71. The van der Waals surface area contributed by atoms with Gasteiger partial charge in [-0.25, -0.2) is 15.0 Å². The molecular formula is C21H17N5O2. The zero-order valence-electron chi connectivity index (χ0n) is 16.0. The molecule has 1 saturated heterocycles. The van der Waals surface area contributed by atoms with Crippen molar-refractivity contribution in [2.24, 2.45) is 5.92 Å². The van der Waals surface area contributed by atoms with Crippen molar-refractivity contribution in [3.63, 3.8) is 0 Å². The Balaban J connectivity index is 1.50. The fraction of sp³-hybridized carbons (Fsp3) is 0.238. The predicted molar refractivity (Wildman–Crippen MR) is 104 cm³/mol. The minimum absolute atomic E-state index is 0.104. The molecule has 3 atom stereocenters. The Labute approximate surface area is 162 Å². The topological polar surface area (TPSA) is 105 Å². The molecule has 2 aliphatic rings. The second-order valence-corrected chi connectivity index (χ2v) is 7.20. The number of pyridine rings is 1. The number of benzene rings is 1. The minimum atomic E-state index is -1.60. The van der Waals surface area contributed by atoms with Gasteiger partial charge >= 0.3 is 0 Å². The fourth-order valence-corrected chi connectivity index (χ4v) is 3.78. The van der Waals surface area contributed by atoms with E-state index >= 15 is 0 Å². The van der Waals surface area contributed by atoms with Crippen LogP contribution in [0.3, 0.4) is 0 Å². The number of nitrogens with two attached hydrogens (primary N) is 1. The number of anilines is 1. The molecule has 3 aromatic rings. The summed E-state index contributed by atoms with van der Waals surface area (Å²) in [6.07, 6.45) is 0.641. The lowest BCUT2D eigenvalue weighted by Crippen LogP contribution is -2.41. The number of amides is 1. The van der Waals surface area contributed by atoms with E-state index in [-0.39, 0.29) is 30.0 Å². The van der Waals surface area contributed by atoms with Crippen LogP contribution in [0.4, 0.5) is 5.82 Å². The number of aromatic nitrogens is 3. The number of aliphatic hydroxyl groups is 1. The number of fused-ring (bicyclic) bond motifs is 2. The predicted octanol–water partition coefficient (Wildman–Crippen LogP) is 1.22. The van der Waals surface area contributed by atoms with Crippen molar-refractivity contribution >= 4 is 22.8 Å². The fourth-order valence-electron chi connectivity index (χ4n) is 3.78. The Kier molecular flexibility index (Phi) is 3.19. The van der Waals surface area contributed by atoms with Gasteiger partial charge in [0.2, 0.25) is 5.60 Å². The maximum atomic E-state index is 12.3. The van der Waals surface area contributed by atoms with Crippen molar-refractivity contribution in [2.45, 2.75) is 18.1 Å². The summed E-state index contributed by atoms with van der Waals surface area (Å²) in [6, 6.07) is 11.0. The smallest absolute Gasteiger partial charge is 0.267 e. The highest BCUT2D eigenvalue weighted by molar-refractivity contribution is 5.93. The van der Waals surface area contributed by atoms with E-state index < -0.39 is 5.60 Å². The molecule has 5 rings (SSSR count). The minimum Gasteiger partial charge on any atom is -0.382 e. The van der Waals surface area contributed by atoms with Gasteiger partial charge in [-0.2, -0.15) is 0 Å². The number of hydrogen-bond donors (Lipinski definition) is 2. The Morgan fingerprint density at radius 1 is 1.36 bits per heavy atom. The monoisotopic (exact) mass is 372 g/mol. The Hall–Kier alpha value is -3.50. The van der Waals surface area contributed by atoms with Crippen molar-refractivity contribution in [2.75, 3.05) is 12.8 Å². The lowest BCUT2D eigenvalue weighted by molar-refractivity contribution is -0.140.